The Morgan fingerprint density at radius 1 is 0.906 bits per heavy atom. The quantitative estimate of drug-likeness (QED) is 0.540. The standard InChI is InChI=1S/C24H27N3O4S/c1-3-27(4-2)32(30,31)21-15-16-23(29)26(17-21)18-22(28)25-24(19-11-7-5-8-12-19)20-13-9-6-10-14-20/h5-17,24H,3-4,18H2,1-2H3,(H,25,28). The Bertz CT molecular complexity index is 1170. The van der Waals surface area contributed by atoms with Crippen molar-refractivity contribution < 1.29 is 13.2 Å². The van der Waals surface area contributed by atoms with Crippen LogP contribution in [0, 0.1) is 0 Å². The molecule has 0 saturated heterocycles. The lowest BCUT2D eigenvalue weighted by atomic mass is 9.99. The Hall–Kier alpha value is -3.23. The molecule has 0 aliphatic carbocycles. The summed E-state index contributed by atoms with van der Waals surface area (Å²) in [4.78, 5) is 25.2. The third kappa shape index (κ3) is 5.33. The molecule has 1 amide bonds. The molecule has 0 aliphatic heterocycles. The molecule has 0 aliphatic rings. The van der Waals surface area contributed by atoms with Gasteiger partial charge in [-0.3, -0.25) is 9.59 Å². The van der Waals surface area contributed by atoms with E-state index in [0.29, 0.717) is 13.1 Å². The van der Waals surface area contributed by atoms with Crippen molar-refractivity contribution in [1.82, 2.24) is 14.2 Å². The monoisotopic (exact) mass is 453 g/mol. The van der Waals surface area contributed by atoms with Crippen molar-refractivity contribution in [1.29, 1.82) is 0 Å². The number of aromatic nitrogens is 1. The van der Waals surface area contributed by atoms with Crippen LogP contribution in [-0.4, -0.2) is 36.3 Å². The lowest BCUT2D eigenvalue weighted by Gasteiger charge is -2.21. The summed E-state index contributed by atoms with van der Waals surface area (Å²) < 4.78 is 28.0. The minimum atomic E-state index is -3.74. The van der Waals surface area contributed by atoms with Gasteiger partial charge in [-0.2, -0.15) is 4.31 Å². The number of hydrogen-bond donors (Lipinski definition) is 1. The average molecular weight is 454 g/mol. The Balaban J connectivity index is 1.87. The summed E-state index contributed by atoms with van der Waals surface area (Å²) in [6.45, 7) is 3.83. The van der Waals surface area contributed by atoms with Gasteiger partial charge in [-0.15, -0.1) is 0 Å². The first-order valence-electron chi connectivity index (χ1n) is 10.5. The van der Waals surface area contributed by atoms with Crippen LogP contribution in [0.15, 0.2) is 88.7 Å². The predicted molar refractivity (Wildman–Crippen MR) is 124 cm³/mol. The number of nitrogens with zero attached hydrogens (tertiary/aromatic N) is 2. The SMILES string of the molecule is CCN(CC)S(=O)(=O)c1ccc(=O)n(CC(=O)NC(c2ccccc2)c2ccccc2)c1. The summed E-state index contributed by atoms with van der Waals surface area (Å²) in [6.07, 6.45) is 1.23. The van der Waals surface area contributed by atoms with Gasteiger partial charge in [0.2, 0.25) is 15.9 Å². The van der Waals surface area contributed by atoms with E-state index in [1.54, 1.807) is 13.8 Å². The molecule has 7 nitrogen and oxygen atoms in total. The highest BCUT2D eigenvalue weighted by atomic mass is 32.2. The minimum Gasteiger partial charge on any atom is -0.344 e. The van der Waals surface area contributed by atoms with Crippen LogP contribution in [0.1, 0.15) is 31.0 Å². The molecule has 3 rings (SSSR count). The molecule has 0 atom stereocenters. The van der Waals surface area contributed by atoms with Crippen molar-refractivity contribution >= 4 is 15.9 Å². The van der Waals surface area contributed by atoms with E-state index >= 15 is 0 Å². The summed E-state index contributed by atoms with van der Waals surface area (Å²) in [5.41, 5.74) is 1.35. The van der Waals surface area contributed by atoms with Crippen LogP contribution in [0.25, 0.3) is 0 Å². The van der Waals surface area contributed by atoms with E-state index in [9.17, 15) is 18.0 Å². The summed E-state index contributed by atoms with van der Waals surface area (Å²) in [6, 6.07) is 21.1. The van der Waals surface area contributed by atoms with Crippen LogP contribution in [0.4, 0.5) is 0 Å². The van der Waals surface area contributed by atoms with Crippen LogP contribution in [-0.2, 0) is 21.4 Å². The first kappa shape index (κ1) is 23.4. The topological polar surface area (TPSA) is 88.5 Å². The molecule has 0 unspecified atom stereocenters. The molecule has 3 aromatic rings. The van der Waals surface area contributed by atoms with Crippen LogP contribution in [0.5, 0.6) is 0 Å². The van der Waals surface area contributed by atoms with E-state index < -0.39 is 27.5 Å². The van der Waals surface area contributed by atoms with E-state index in [0.717, 1.165) is 15.7 Å². The lowest BCUT2D eigenvalue weighted by Crippen LogP contribution is -2.36. The average Bonchev–Trinajstić information content (AvgIpc) is 2.80. The maximum atomic E-state index is 12.9. The zero-order valence-electron chi connectivity index (χ0n) is 18.1. The second kappa shape index (κ2) is 10.4. The molecule has 168 valence electrons. The summed E-state index contributed by atoms with van der Waals surface area (Å²) in [5.74, 6) is -0.401. The van der Waals surface area contributed by atoms with Gasteiger partial charge in [0.1, 0.15) is 6.54 Å². The Kier molecular flexibility index (Phi) is 7.61. The number of pyridine rings is 1. The van der Waals surface area contributed by atoms with Gasteiger partial charge in [0.05, 0.1) is 10.9 Å². The molecule has 1 aromatic heterocycles. The van der Waals surface area contributed by atoms with Gasteiger partial charge in [-0.1, -0.05) is 74.5 Å². The molecular formula is C24H27N3O4S. The molecule has 0 fully saturated rings. The Morgan fingerprint density at radius 2 is 1.44 bits per heavy atom. The summed E-state index contributed by atoms with van der Waals surface area (Å²) >= 11 is 0. The molecule has 0 bridgehead atoms. The normalized spacial score (nSPS) is 11.6. The van der Waals surface area contributed by atoms with Crippen molar-refractivity contribution in [2.75, 3.05) is 13.1 Å². The highest BCUT2D eigenvalue weighted by Gasteiger charge is 2.23. The van der Waals surface area contributed by atoms with E-state index in [2.05, 4.69) is 5.32 Å². The maximum absolute atomic E-state index is 12.9. The third-order valence-electron chi connectivity index (χ3n) is 5.18. The number of hydrogen-bond acceptors (Lipinski definition) is 4. The minimum absolute atomic E-state index is 0.0173. The van der Waals surface area contributed by atoms with Crippen molar-refractivity contribution in [3.8, 4) is 0 Å². The molecule has 0 radical (unpaired) electrons. The molecule has 0 spiro atoms. The van der Waals surface area contributed by atoms with Crippen LogP contribution in [0.3, 0.4) is 0 Å². The van der Waals surface area contributed by atoms with Crippen LogP contribution >= 0.6 is 0 Å². The molecule has 8 heteroatoms. The van der Waals surface area contributed by atoms with Crippen LogP contribution in [0.2, 0.25) is 0 Å². The number of carbonyl (C=O) groups is 1. The molecule has 1 N–H and O–H groups in total. The second-order valence-electron chi connectivity index (χ2n) is 7.24. The first-order valence-corrected chi connectivity index (χ1v) is 11.9. The van der Waals surface area contributed by atoms with Crippen molar-refractivity contribution in [3.63, 3.8) is 0 Å². The van der Waals surface area contributed by atoms with Gasteiger partial charge in [-0.25, -0.2) is 8.42 Å². The van der Waals surface area contributed by atoms with Gasteiger partial charge >= 0.3 is 0 Å². The zero-order valence-corrected chi connectivity index (χ0v) is 19.0. The number of rotatable bonds is 9. The summed E-state index contributed by atoms with van der Waals surface area (Å²) in [7, 11) is -3.74. The number of amides is 1. The molecule has 0 saturated carbocycles. The highest BCUT2D eigenvalue weighted by molar-refractivity contribution is 7.89. The van der Waals surface area contributed by atoms with Gasteiger partial charge in [0.15, 0.2) is 0 Å². The van der Waals surface area contributed by atoms with E-state index in [-0.39, 0.29) is 11.4 Å². The molecular weight excluding hydrogens is 426 g/mol. The van der Waals surface area contributed by atoms with Crippen molar-refractivity contribution in [3.05, 3.63) is 100 Å². The molecule has 1 heterocycles. The Labute approximate surface area is 188 Å². The fourth-order valence-corrected chi connectivity index (χ4v) is 4.99. The predicted octanol–water partition coefficient (Wildman–Crippen LogP) is 2.78. The molecule has 32 heavy (non-hydrogen) atoms. The lowest BCUT2D eigenvalue weighted by molar-refractivity contribution is -0.122. The van der Waals surface area contributed by atoms with E-state index in [1.165, 1.54) is 22.6 Å². The van der Waals surface area contributed by atoms with Gasteiger partial charge in [0.25, 0.3) is 5.56 Å². The third-order valence-corrected chi connectivity index (χ3v) is 7.22. The summed E-state index contributed by atoms with van der Waals surface area (Å²) in [5, 5.41) is 2.97. The number of benzene rings is 2. The van der Waals surface area contributed by atoms with E-state index in [1.807, 2.05) is 60.7 Å². The second-order valence-corrected chi connectivity index (χ2v) is 9.18. The van der Waals surface area contributed by atoms with Gasteiger partial charge < -0.3 is 9.88 Å². The maximum Gasteiger partial charge on any atom is 0.251 e. The van der Waals surface area contributed by atoms with Crippen LogP contribution < -0.4 is 10.9 Å². The van der Waals surface area contributed by atoms with Gasteiger partial charge in [-0.05, 0) is 17.2 Å². The number of carbonyl (C=O) groups excluding carboxylic acids is 1. The Morgan fingerprint density at radius 3 is 1.94 bits per heavy atom. The number of nitrogens with one attached hydrogen (secondary N) is 1. The first-order chi connectivity index (χ1) is 15.4. The largest absolute Gasteiger partial charge is 0.344 e. The van der Waals surface area contributed by atoms with Gasteiger partial charge in [0, 0.05) is 25.4 Å². The number of sulfonamides is 1. The smallest absolute Gasteiger partial charge is 0.251 e. The van der Waals surface area contributed by atoms with E-state index in [4.69, 9.17) is 0 Å². The fourth-order valence-electron chi connectivity index (χ4n) is 3.51. The zero-order chi connectivity index (χ0) is 23.1. The fraction of sp³-hybridized carbons (Fsp3) is 0.250. The molecule has 2 aromatic carbocycles. The van der Waals surface area contributed by atoms with Crippen molar-refractivity contribution in [2.45, 2.75) is 31.3 Å². The highest BCUT2D eigenvalue weighted by Crippen LogP contribution is 2.21. The van der Waals surface area contributed by atoms with Crippen molar-refractivity contribution in [2.24, 2.45) is 0 Å².